The maximum atomic E-state index is 2.47. The van der Waals surface area contributed by atoms with Crippen molar-refractivity contribution in [2.75, 3.05) is 0 Å². The van der Waals surface area contributed by atoms with Gasteiger partial charge in [0.15, 0.2) is 0 Å². The van der Waals surface area contributed by atoms with Gasteiger partial charge in [0.05, 0.1) is 0 Å². The zero-order valence-corrected chi connectivity index (χ0v) is 46.0. The summed E-state index contributed by atoms with van der Waals surface area (Å²) < 4.78 is 5.27. The third-order valence-electron chi connectivity index (χ3n) is 17.8. The van der Waals surface area contributed by atoms with Gasteiger partial charge in [0, 0.05) is 45.9 Å². The molecule has 0 N–H and O–H groups in total. The Labute approximate surface area is 481 Å². The Morgan fingerprint density at radius 3 is 1.15 bits per heavy atom. The summed E-state index contributed by atoms with van der Waals surface area (Å²) in [4.78, 5) is 0. The summed E-state index contributed by atoms with van der Waals surface area (Å²) in [5, 5.41) is 23.1. The third kappa shape index (κ3) is 6.71. The van der Waals surface area contributed by atoms with E-state index in [0.29, 0.717) is 0 Å². The zero-order chi connectivity index (χ0) is 53.6. The van der Waals surface area contributed by atoms with Gasteiger partial charge in [-0.05, 0) is 167 Å². The second-order valence-corrected chi connectivity index (χ2v) is 24.2. The number of hydrogen-bond acceptors (Lipinski definition) is 2. The second kappa shape index (κ2) is 17.8. The molecule has 0 bridgehead atoms. The number of rotatable bonds is 6. The lowest BCUT2D eigenvalue weighted by molar-refractivity contribution is 1.61. The Morgan fingerprint density at radius 2 is 0.573 bits per heavy atom. The fourth-order valence-corrected chi connectivity index (χ4v) is 16.5. The Bertz CT molecular complexity index is 5570. The lowest BCUT2D eigenvalue weighted by Gasteiger charge is -2.20. The first-order valence-electron chi connectivity index (χ1n) is 28.3. The third-order valence-corrected chi connectivity index (χ3v) is 20.2. The van der Waals surface area contributed by atoms with Gasteiger partial charge in [-0.25, -0.2) is 0 Å². The van der Waals surface area contributed by atoms with Crippen molar-refractivity contribution in [1.29, 1.82) is 0 Å². The summed E-state index contributed by atoms with van der Waals surface area (Å²) in [6.45, 7) is 0. The van der Waals surface area contributed by atoms with Crippen LogP contribution in [0, 0.1) is 0 Å². The van der Waals surface area contributed by atoms with Gasteiger partial charge in [0.2, 0.25) is 0 Å². The molecule has 0 unspecified atom stereocenters. The molecule has 2 aromatic heterocycles. The Hall–Kier alpha value is -9.96. The second-order valence-electron chi connectivity index (χ2n) is 22.1. The zero-order valence-electron chi connectivity index (χ0n) is 44.4. The van der Waals surface area contributed by atoms with Crippen LogP contribution in [0.15, 0.2) is 279 Å². The van der Waals surface area contributed by atoms with Crippen molar-refractivity contribution in [1.82, 2.24) is 0 Å². The van der Waals surface area contributed by atoms with Crippen LogP contribution >= 0.6 is 22.7 Å². The molecule has 2 heterocycles. The predicted molar refractivity (Wildman–Crippen MR) is 359 cm³/mol. The van der Waals surface area contributed by atoms with E-state index in [1.54, 1.807) is 0 Å². The van der Waals surface area contributed by atoms with Gasteiger partial charge in [0.25, 0.3) is 0 Å². The van der Waals surface area contributed by atoms with Gasteiger partial charge in [-0.1, -0.05) is 249 Å². The van der Waals surface area contributed by atoms with Gasteiger partial charge < -0.3 is 0 Å². The molecule has 0 amide bonds. The summed E-state index contributed by atoms with van der Waals surface area (Å²) >= 11 is 3.79. The van der Waals surface area contributed by atoms with Gasteiger partial charge in [0.1, 0.15) is 0 Å². The number of thiophene rings is 2. The molecule has 18 aromatic rings. The lowest BCUT2D eigenvalue weighted by atomic mass is 9.82. The van der Waals surface area contributed by atoms with E-state index in [4.69, 9.17) is 0 Å². The molecule has 378 valence electrons. The first kappa shape index (κ1) is 45.9. The van der Waals surface area contributed by atoms with Gasteiger partial charge in [-0.15, -0.1) is 22.7 Å². The molecule has 0 fully saturated rings. The molecular formula is C80H46S2. The van der Waals surface area contributed by atoms with Crippen LogP contribution in [-0.4, -0.2) is 0 Å². The summed E-state index contributed by atoms with van der Waals surface area (Å²) in [5.41, 5.74) is 15.1. The minimum atomic E-state index is 1.22. The highest BCUT2D eigenvalue weighted by Crippen LogP contribution is 2.51. The van der Waals surface area contributed by atoms with Crippen LogP contribution in [0.2, 0.25) is 0 Å². The molecule has 16 aromatic carbocycles. The predicted octanol–water partition coefficient (Wildman–Crippen LogP) is 23.9. The van der Waals surface area contributed by atoms with E-state index in [0.717, 1.165) is 0 Å². The fraction of sp³-hybridized carbons (Fsp3) is 0. The molecule has 0 aliphatic rings. The molecule has 0 atom stereocenters. The van der Waals surface area contributed by atoms with Crippen LogP contribution in [0.4, 0.5) is 0 Å². The van der Waals surface area contributed by atoms with Crippen molar-refractivity contribution >= 4 is 138 Å². The molecular weight excluding hydrogens is 1030 g/mol. The molecule has 0 saturated heterocycles. The van der Waals surface area contributed by atoms with Crippen molar-refractivity contribution in [3.8, 4) is 66.8 Å². The minimum absolute atomic E-state index is 1.22. The van der Waals surface area contributed by atoms with E-state index in [1.807, 2.05) is 22.7 Å². The minimum Gasteiger partial charge on any atom is -0.135 e. The van der Waals surface area contributed by atoms with E-state index < -0.39 is 0 Å². The van der Waals surface area contributed by atoms with Crippen LogP contribution in [0.5, 0.6) is 0 Å². The SMILES string of the molecule is c1ccc(-c2ccc(-c3c4ccccc4c(-c4ccc5sc6c(-c7ccc8ccc9c(-c%10c%11ccccc%11c(-c%11ccc%12sc%13ccccc%13c%12c%11)c%11ccccc%10%11)ccc%10ccc7c8c%109)cccc6c5c4)c4ccccc34)cc2)cc1. The van der Waals surface area contributed by atoms with Crippen LogP contribution in [0.1, 0.15) is 0 Å². The lowest BCUT2D eigenvalue weighted by Crippen LogP contribution is -1.93. The molecule has 82 heavy (non-hydrogen) atoms. The molecule has 0 nitrogen and oxygen atoms in total. The number of hydrogen-bond donors (Lipinski definition) is 0. The highest BCUT2D eigenvalue weighted by atomic mass is 32.1. The normalized spacial score (nSPS) is 12.1. The van der Waals surface area contributed by atoms with Crippen molar-refractivity contribution in [3.05, 3.63) is 279 Å². The largest absolute Gasteiger partial charge is 0.135 e. The Balaban J connectivity index is 0.792. The molecule has 0 spiro atoms. The van der Waals surface area contributed by atoms with Crippen molar-refractivity contribution in [2.45, 2.75) is 0 Å². The maximum Gasteiger partial charge on any atom is 0.0434 e. The Kier molecular flexibility index (Phi) is 9.94. The molecule has 0 aliphatic carbocycles. The van der Waals surface area contributed by atoms with Crippen LogP contribution in [-0.2, 0) is 0 Å². The average Bonchev–Trinajstić information content (AvgIpc) is 1.56. The van der Waals surface area contributed by atoms with Gasteiger partial charge >= 0.3 is 0 Å². The molecule has 0 radical (unpaired) electrons. The van der Waals surface area contributed by atoms with Crippen molar-refractivity contribution in [2.24, 2.45) is 0 Å². The summed E-state index contributed by atoms with van der Waals surface area (Å²) in [5.74, 6) is 0. The smallest absolute Gasteiger partial charge is 0.0434 e. The highest BCUT2D eigenvalue weighted by Gasteiger charge is 2.23. The van der Waals surface area contributed by atoms with E-state index in [9.17, 15) is 0 Å². The van der Waals surface area contributed by atoms with Crippen molar-refractivity contribution in [3.63, 3.8) is 0 Å². The van der Waals surface area contributed by atoms with Crippen molar-refractivity contribution < 1.29 is 0 Å². The number of benzene rings is 16. The molecule has 0 saturated carbocycles. The maximum absolute atomic E-state index is 2.47. The molecule has 18 rings (SSSR count). The quantitative estimate of drug-likeness (QED) is 0.115. The van der Waals surface area contributed by atoms with E-state index in [1.165, 1.54) is 183 Å². The van der Waals surface area contributed by atoms with E-state index >= 15 is 0 Å². The van der Waals surface area contributed by atoms with Gasteiger partial charge in [-0.3, -0.25) is 0 Å². The van der Waals surface area contributed by atoms with E-state index in [-0.39, 0.29) is 0 Å². The first-order chi connectivity index (χ1) is 40.7. The summed E-state index contributed by atoms with van der Waals surface area (Å²) in [7, 11) is 0. The highest BCUT2D eigenvalue weighted by molar-refractivity contribution is 7.26. The number of fused-ring (bicyclic) bond motifs is 10. The van der Waals surface area contributed by atoms with Crippen LogP contribution in [0.25, 0.3) is 183 Å². The molecule has 0 aliphatic heterocycles. The monoisotopic (exact) mass is 1070 g/mol. The summed E-state index contributed by atoms with van der Waals surface area (Å²) in [6, 6.07) is 105. The van der Waals surface area contributed by atoms with E-state index in [2.05, 4.69) is 279 Å². The van der Waals surface area contributed by atoms with Crippen LogP contribution in [0.3, 0.4) is 0 Å². The van der Waals surface area contributed by atoms with Crippen LogP contribution < -0.4 is 0 Å². The average molecular weight is 1070 g/mol. The summed E-state index contributed by atoms with van der Waals surface area (Å²) in [6.07, 6.45) is 0. The molecule has 2 heteroatoms. The topological polar surface area (TPSA) is 0 Å². The first-order valence-corrected chi connectivity index (χ1v) is 29.9. The fourth-order valence-electron chi connectivity index (χ4n) is 14.2. The van der Waals surface area contributed by atoms with Gasteiger partial charge in [-0.2, -0.15) is 0 Å². The standard InChI is InChI=1S/C80H46S2/c1-2-15-47(16-3-1)48-29-31-49(32-30-48)74-56-18-4-6-20-58(56)75(59-21-7-5-19-57(59)74)53-38-44-73-70(46-53)68-27-14-26-67(80(68)82-73)54-39-33-50-35-41-65-66(42-36-51-34-40-64(54)77(50)78(51)65)79-62-24-10-8-22-60(62)76(61-23-9-11-25-63(61)79)52-37-43-72-69(45-52)55-17-12-13-28-71(55)81-72/h1-46H. The Morgan fingerprint density at radius 1 is 0.183 bits per heavy atom.